The largest absolute Gasteiger partial charge is 0.494 e. The van der Waals surface area contributed by atoms with E-state index in [1.54, 1.807) is 48.5 Å². The van der Waals surface area contributed by atoms with Crippen LogP contribution in [0.15, 0.2) is 72.8 Å². The van der Waals surface area contributed by atoms with Gasteiger partial charge in [-0.1, -0.05) is 23.8 Å². The van der Waals surface area contributed by atoms with E-state index < -0.39 is 0 Å². The topological polar surface area (TPSA) is 67.4 Å². The van der Waals surface area contributed by atoms with Gasteiger partial charge in [-0.25, -0.2) is 0 Å². The summed E-state index contributed by atoms with van der Waals surface area (Å²) in [4.78, 5) is 25.0. The van der Waals surface area contributed by atoms with Gasteiger partial charge >= 0.3 is 0 Å². The fourth-order valence-electron chi connectivity index (χ4n) is 2.65. The minimum atomic E-state index is -0.283. The molecule has 5 nitrogen and oxygen atoms in total. The molecule has 28 heavy (non-hydrogen) atoms. The number of hydrogen-bond acceptors (Lipinski definition) is 3. The summed E-state index contributed by atoms with van der Waals surface area (Å²) in [7, 11) is 0. The Labute approximate surface area is 164 Å². The van der Waals surface area contributed by atoms with Crippen LogP contribution in [-0.4, -0.2) is 18.4 Å². The first-order valence-corrected chi connectivity index (χ1v) is 9.07. The van der Waals surface area contributed by atoms with Gasteiger partial charge in [0.05, 0.1) is 6.61 Å². The van der Waals surface area contributed by atoms with Gasteiger partial charge in [0.25, 0.3) is 11.8 Å². The van der Waals surface area contributed by atoms with Gasteiger partial charge in [0, 0.05) is 22.5 Å². The Morgan fingerprint density at radius 1 is 0.786 bits per heavy atom. The van der Waals surface area contributed by atoms with E-state index in [1.165, 1.54) is 0 Å². The molecule has 0 fully saturated rings. The quantitative estimate of drug-likeness (QED) is 0.645. The van der Waals surface area contributed by atoms with Crippen molar-refractivity contribution in [3.63, 3.8) is 0 Å². The Kier molecular flexibility index (Phi) is 6.07. The smallest absolute Gasteiger partial charge is 0.255 e. The van der Waals surface area contributed by atoms with E-state index in [0.29, 0.717) is 29.1 Å². The van der Waals surface area contributed by atoms with Crippen LogP contribution in [0.3, 0.4) is 0 Å². The number of nitrogens with one attached hydrogen (secondary N) is 2. The zero-order chi connectivity index (χ0) is 19.9. The molecule has 0 aliphatic heterocycles. The summed E-state index contributed by atoms with van der Waals surface area (Å²) in [6.07, 6.45) is 0. The molecule has 0 bridgehead atoms. The predicted molar refractivity (Wildman–Crippen MR) is 111 cm³/mol. The summed E-state index contributed by atoms with van der Waals surface area (Å²) in [6, 6.07) is 21.3. The maximum atomic E-state index is 12.5. The fourth-order valence-corrected chi connectivity index (χ4v) is 2.65. The van der Waals surface area contributed by atoms with E-state index in [4.69, 9.17) is 4.74 Å². The highest BCUT2D eigenvalue weighted by Gasteiger charge is 2.11. The van der Waals surface area contributed by atoms with Crippen molar-refractivity contribution in [2.45, 2.75) is 13.8 Å². The predicted octanol–water partition coefficient (Wildman–Crippen LogP) is 4.90. The first-order chi connectivity index (χ1) is 13.5. The van der Waals surface area contributed by atoms with Crippen LogP contribution in [0.4, 0.5) is 11.4 Å². The van der Waals surface area contributed by atoms with Crippen LogP contribution in [0.5, 0.6) is 5.75 Å². The average molecular weight is 374 g/mol. The lowest BCUT2D eigenvalue weighted by Gasteiger charge is -2.09. The van der Waals surface area contributed by atoms with Crippen molar-refractivity contribution in [3.8, 4) is 5.75 Å². The molecule has 0 aliphatic rings. The number of rotatable bonds is 6. The lowest BCUT2D eigenvalue weighted by molar-refractivity contribution is 0.102. The third-order valence-electron chi connectivity index (χ3n) is 4.12. The number of carbonyl (C=O) groups is 2. The summed E-state index contributed by atoms with van der Waals surface area (Å²) in [5.74, 6) is 0.198. The standard InChI is InChI=1S/C23H22N2O3/c1-3-28-21-13-11-20(12-14-21)25-23(27)18-6-4-5-17(15-18)22(26)24-19-9-7-16(2)8-10-19/h4-15H,3H2,1-2H3,(H,24,26)(H,25,27). The third-order valence-corrected chi connectivity index (χ3v) is 4.12. The Morgan fingerprint density at radius 2 is 1.29 bits per heavy atom. The molecule has 3 aromatic carbocycles. The summed E-state index contributed by atoms with van der Waals surface area (Å²) in [6.45, 7) is 4.48. The van der Waals surface area contributed by atoms with Crippen LogP contribution in [0.1, 0.15) is 33.2 Å². The second kappa shape index (κ2) is 8.86. The molecular weight excluding hydrogens is 352 g/mol. The van der Waals surface area contributed by atoms with Gasteiger partial charge in [-0.2, -0.15) is 0 Å². The van der Waals surface area contributed by atoms with Crippen LogP contribution in [-0.2, 0) is 0 Å². The summed E-state index contributed by atoms with van der Waals surface area (Å²) < 4.78 is 5.39. The molecule has 142 valence electrons. The molecule has 0 aliphatic carbocycles. The number of amides is 2. The number of benzene rings is 3. The maximum absolute atomic E-state index is 12.5. The van der Waals surface area contributed by atoms with Crippen LogP contribution in [0, 0.1) is 6.92 Å². The van der Waals surface area contributed by atoms with Crippen molar-refractivity contribution in [2.24, 2.45) is 0 Å². The molecule has 3 rings (SSSR count). The summed E-state index contributed by atoms with van der Waals surface area (Å²) in [5.41, 5.74) is 3.30. The van der Waals surface area contributed by atoms with E-state index in [0.717, 1.165) is 11.3 Å². The third kappa shape index (κ3) is 4.98. The Balaban J connectivity index is 1.68. The maximum Gasteiger partial charge on any atom is 0.255 e. The van der Waals surface area contributed by atoms with Gasteiger partial charge in [0.1, 0.15) is 5.75 Å². The van der Waals surface area contributed by atoms with E-state index in [1.807, 2.05) is 38.1 Å². The summed E-state index contributed by atoms with van der Waals surface area (Å²) >= 11 is 0. The minimum absolute atomic E-state index is 0.264. The fraction of sp³-hybridized carbons (Fsp3) is 0.130. The van der Waals surface area contributed by atoms with E-state index in [-0.39, 0.29) is 11.8 Å². The van der Waals surface area contributed by atoms with Gasteiger partial charge < -0.3 is 15.4 Å². The second-order valence-corrected chi connectivity index (χ2v) is 6.31. The van der Waals surface area contributed by atoms with E-state index in [2.05, 4.69) is 10.6 Å². The van der Waals surface area contributed by atoms with Crippen molar-refractivity contribution in [3.05, 3.63) is 89.5 Å². The zero-order valence-electron chi connectivity index (χ0n) is 15.9. The SMILES string of the molecule is CCOc1ccc(NC(=O)c2cccc(C(=O)Nc3ccc(C)cc3)c2)cc1. The summed E-state index contributed by atoms with van der Waals surface area (Å²) in [5, 5.41) is 5.66. The molecule has 2 amide bonds. The van der Waals surface area contributed by atoms with Gasteiger partial charge in [-0.3, -0.25) is 9.59 Å². The van der Waals surface area contributed by atoms with Crippen LogP contribution in [0.25, 0.3) is 0 Å². The molecule has 0 aromatic heterocycles. The van der Waals surface area contributed by atoms with Crippen LogP contribution >= 0.6 is 0 Å². The Hall–Kier alpha value is -3.60. The number of carbonyl (C=O) groups excluding carboxylic acids is 2. The van der Waals surface area contributed by atoms with E-state index >= 15 is 0 Å². The molecular formula is C23H22N2O3. The Bertz CT molecular complexity index is 964. The molecule has 0 unspecified atom stereocenters. The Morgan fingerprint density at radius 3 is 1.79 bits per heavy atom. The highest BCUT2D eigenvalue weighted by atomic mass is 16.5. The zero-order valence-corrected chi connectivity index (χ0v) is 15.9. The lowest BCUT2D eigenvalue weighted by Crippen LogP contribution is -2.15. The molecule has 0 atom stereocenters. The van der Waals surface area contributed by atoms with Crippen molar-refractivity contribution >= 4 is 23.2 Å². The molecule has 0 saturated carbocycles. The normalized spacial score (nSPS) is 10.2. The number of anilines is 2. The second-order valence-electron chi connectivity index (χ2n) is 6.31. The van der Waals surface area contributed by atoms with Crippen LogP contribution in [0.2, 0.25) is 0 Å². The van der Waals surface area contributed by atoms with Crippen molar-refractivity contribution in [1.82, 2.24) is 0 Å². The molecule has 2 N–H and O–H groups in total. The van der Waals surface area contributed by atoms with Crippen molar-refractivity contribution < 1.29 is 14.3 Å². The lowest BCUT2D eigenvalue weighted by atomic mass is 10.1. The van der Waals surface area contributed by atoms with Crippen LogP contribution < -0.4 is 15.4 Å². The molecule has 0 heterocycles. The minimum Gasteiger partial charge on any atom is -0.494 e. The van der Waals surface area contributed by atoms with Gasteiger partial charge in [0.2, 0.25) is 0 Å². The first kappa shape index (κ1) is 19.2. The number of ether oxygens (including phenoxy) is 1. The van der Waals surface area contributed by atoms with Crippen molar-refractivity contribution in [2.75, 3.05) is 17.2 Å². The van der Waals surface area contributed by atoms with Gasteiger partial charge in [0.15, 0.2) is 0 Å². The molecule has 3 aromatic rings. The van der Waals surface area contributed by atoms with Crippen molar-refractivity contribution in [1.29, 1.82) is 0 Å². The number of hydrogen-bond donors (Lipinski definition) is 2. The molecule has 0 saturated heterocycles. The number of aryl methyl sites for hydroxylation is 1. The first-order valence-electron chi connectivity index (χ1n) is 9.07. The highest BCUT2D eigenvalue weighted by molar-refractivity contribution is 6.08. The molecule has 5 heteroatoms. The monoisotopic (exact) mass is 374 g/mol. The highest BCUT2D eigenvalue weighted by Crippen LogP contribution is 2.17. The van der Waals surface area contributed by atoms with Gasteiger partial charge in [-0.05, 0) is 68.4 Å². The average Bonchev–Trinajstić information content (AvgIpc) is 2.71. The molecule has 0 radical (unpaired) electrons. The molecule has 0 spiro atoms. The van der Waals surface area contributed by atoms with Gasteiger partial charge in [-0.15, -0.1) is 0 Å². The van der Waals surface area contributed by atoms with E-state index in [9.17, 15) is 9.59 Å².